The van der Waals surface area contributed by atoms with Crippen molar-refractivity contribution in [2.75, 3.05) is 13.1 Å². The van der Waals surface area contributed by atoms with Gasteiger partial charge in [0.1, 0.15) is 4.99 Å². The highest BCUT2D eigenvalue weighted by Gasteiger charge is 2.29. The number of piperidine rings is 1. The highest BCUT2D eigenvalue weighted by Crippen LogP contribution is 2.25. The quantitative estimate of drug-likeness (QED) is 0.809. The van der Waals surface area contributed by atoms with Gasteiger partial charge >= 0.3 is 0 Å². The van der Waals surface area contributed by atoms with Crippen LogP contribution in [0.1, 0.15) is 18.4 Å². The van der Waals surface area contributed by atoms with Crippen molar-refractivity contribution in [1.82, 2.24) is 4.31 Å². The first-order valence-electron chi connectivity index (χ1n) is 6.10. The predicted octanol–water partition coefficient (Wildman–Crippen LogP) is 1.12. The second-order valence-corrected chi connectivity index (χ2v) is 7.43. The number of benzene rings is 1. The Morgan fingerprint density at radius 3 is 2.50 bits per heavy atom. The minimum Gasteiger partial charge on any atom is -0.393 e. The molecular weight excluding hydrogens is 320 g/mol. The molecule has 0 radical (unpaired) electrons. The Bertz CT molecular complexity index is 626. The standard InChI is InChI=1S/C12H15ClN2O3S2/c13-11-7-9(1-2-10(11)12(14)19)20(17,18)15-5-3-8(16)4-6-15/h1-2,7-8,16H,3-6H2,(H2,14,19). The smallest absolute Gasteiger partial charge is 0.243 e. The summed E-state index contributed by atoms with van der Waals surface area (Å²) in [6.45, 7) is 0.607. The lowest BCUT2D eigenvalue weighted by molar-refractivity contribution is 0.113. The van der Waals surface area contributed by atoms with Gasteiger partial charge in [-0.1, -0.05) is 23.8 Å². The number of hydrogen-bond acceptors (Lipinski definition) is 4. The van der Waals surface area contributed by atoms with Crippen molar-refractivity contribution < 1.29 is 13.5 Å². The Balaban J connectivity index is 2.30. The van der Waals surface area contributed by atoms with E-state index in [9.17, 15) is 13.5 Å². The second-order valence-electron chi connectivity index (χ2n) is 4.64. The Morgan fingerprint density at radius 2 is 2.00 bits per heavy atom. The molecule has 2 rings (SSSR count). The summed E-state index contributed by atoms with van der Waals surface area (Å²) in [5.41, 5.74) is 5.94. The number of hydrogen-bond donors (Lipinski definition) is 2. The molecule has 0 amide bonds. The molecule has 0 atom stereocenters. The first-order valence-corrected chi connectivity index (χ1v) is 8.32. The third-order valence-corrected chi connectivity index (χ3v) is 5.69. The Hall–Kier alpha value is -0.730. The van der Waals surface area contributed by atoms with Gasteiger partial charge in [0.05, 0.1) is 16.0 Å². The van der Waals surface area contributed by atoms with Gasteiger partial charge in [0, 0.05) is 18.7 Å². The maximum Gasteiger partial charge on any atom is 0.243 e. The largest absolute Gasteiger partial charge is 0.393 e. The molecule has 0 saturated carbocycles. The van der Waals surface area contributed by atoms with Crippen LogP contribution in [0.2, 0.25) is 5.02 Å². The fourth-order valence-corrected chi connectivity index (χ4v) is 4.17. The van der Waals surface area contributed by atoms with Crippen LogP contribution in [0, 0.1) is 0 Å². The number of nitrogens with zero attached hydrogens (tertiary/aromatic N) is 1. The molecule has 1 heterocycles. The van der Waals surface area contributed by atoms with E-state index >= 15 is 0 Å². The molecule has 8 heteroatoms. The van der Waals surface area contributed by atoms with Gasteiger partial charge in [0.2, 0.25) is 10.0 Å². The van der Waals surface area contributed by atoms with Crippen LogP contribution in [0.25, 0.3) is 0 Å². The number of aliphatic hydroxyl groups excluding tert-OH is 1. The zero-order valence-corrected chi connectivity index (χ0v) is 13.0. The summed E-state index contributed by atoms with van der Waals surface area (Å²) >= 11 is 10.8. The van der Waals surface area contributed by atoms with Crippen molar-refractivity contribution in [2.24, 2.45) is 5.73 Å². The minimum atomic E-state index is -3.60. The summed E-state index contributed by atoms with van der Waals surface area (Å²) in [6, 6.07) is 4.31. The summed E-state index contributed by atoms with van der Waals surface area (Å²) < 4.78 is 26.3. The van der Waals surface area contributed by atoms with E-state index in [1.54, 1.807) is 0 Å². The monoisotopic (exact) mass is 334 g/mol. The summed E-state index contributed by atoms with van der Waals surface area (Å²) in [5, 5.41) is 9.65. The average molecular weight is 335 g/mol. The van der Waals surface area contributed by atoms with Crippen molar-refractivity contribution >= 4 is 38.8 Å². The molecule has 1 aromatic carbocycles. The molecule has 1 aromatic rings. The molecule has 20 heavy (non-hydrogen) atoms. The van der Waals surface area contributed by atoms with Crippen molar-refractivity contribution in [3.8, 4) is 0 Å². The molecular formula is C12H15ClN2O3S2. The highest BCUT2D eigenvalue weighted by molar-refractivity contribution is 7.89. The molecule has 3 N–H and O–H groups in total. The highest BCUT2D eigenvalue weighted by atomic mass is 35.5. The van der Waals surface area contributed by atoms with Gasteiger partial charge in [-0.05, 0) is 31.0 Å². The Kier molecular flexibility index (Phi) is 4.66. The fourth-order valence-electron chi connectivity index (χ4n) is 2.09. The van der Waals surface area contributed by atoms with Crippen molar-refractivity contribution in [3.63, 3.8) is 0 Å². The normalized spacial score (nSPS) is 18.1. The van der Waals surface area contributed by atoms with E-state index in [0.717, 1.165) is 0 Å². The van der Waals surface area contributed by atoms with Gasteiger partial charge < -0.3 is 10.8 Å². The van der Waals surface area contributed by atoms with E-state index in [1.807, 2.05) is 0 Å². The summed E-state index contributed by atoms with van der Waals surface area (Å²) in [7, 11) is -3.60. The van der Waals surface area contributed by atoms with Gasteiger partial charge in [0.25, 0.3) is 0 Å². The van der Waals surface area contributed by atoms with Crippen molar-refractivity contribution in [2.45, 2.75) is 23.8 Å². The van der Waals surface area contributed by atoms with Crippen molar-refractivity contribution in [3.05, 3.63) is 28.8 Å². The molecule has 0 bridgehead atoms. The molecule has 110 valence electrons. The first-order chi connectivity index (χ1) is 9.32. The maximum atomic E-state index is 12.4. The number of rotatable bonds is 3. The average Bonchev–Trinajstić information content (AvgIpc) is 2.38. The van der Waals surface area contributed by atoms with Gasteiger partial charge in [-0.15, -0.1) is 0 Å². The summed E-state index contributed by atoms with van der Waals surface area (Å²) in [6.07, 6.45) is 0.456. The fraction of sp³-hybridized carbons (Fsp3) is 0.417. The van der Waals surface area contributed by atoms with E-state index < -0.39 is 16.1 Å². The minimum absolute atomic E-state index is 0.110. The van der Waals surface area contributed by atoms with Crippen LogP contribution < -0.4 is 5.73 Å². The summed E-state index contributed by atoms with van der Waals surface area (Å²) in [5.74, 6) is 0. The van der Waals surface area contributed by atoms with Gasteiger partial charge in [-0.25, -0.2) is 8.42 Å². The third kappa shape index (κ3) is 3.12. The second kappa shape index (κ2) is 5.95. The van der Waals surface area contributed by atoms with Gasteiger partial charge in [0.15, 0.2) is 0 Å². The number of aliphatic hydroxyl groups is 1. The molecule has 0 unspecified atom stereocenters. The van der Waals surface area contributed by atoms with Crippen LogP contribution in [0.15, 0.2) is 23.1 Å². The predicted molar refractivity (Wildman–Crippen MR) is 81.3 cm³/mol. The van der Waals surface area contributed by atoms with Gasteiger partial charge in [-0.2, -0.15) is 4.31 Å². The molecule has 0 aromatic heterocycles. The molecule has 1 fully saturated rings. The van der Waals surface area contributed by atoms with Crippen LogP contribution in [0.4, 0.5) is 0 Å². The molecule has 0 aliphatic carbocycles. The van der Waals surface area contributed by atoms with Gasteiger partial charge in [-0.3, -0.25) is 0 Å². The number of halogens is 1. The first kappa shape index (κ1) is 15.7. The van der Waals surface area contributed by atoms with Crippen LogP contribution in [-0.4, -0.2) is 42.0 Å². The van der Waals surface area contributed by atoms with E-state index in [4.69, 9.17) is 29.6 Å². The lowest BCUT2D eigenvalue weighted by Gasteiger charge is -2.28. The molecule has 5 nitrogen and oxygen atoms in total. The zero-order valence-electron chi connectivity index (χ0n) is 10.6. The lowest BCUT2D eigenvalue weighted by Crippen LogP contribution is -2.40. The zero-order chi connectivity index (χ0) is 14.9. The van der Waals surface area contributed by atoms with Crippen LogP contribution >= 0.6 is 23.8 Å². The Labute approximate surface area is 128 Å². The van der Waals surface area contributed by atoms with Crippen LogP contribution in [-0.2, 0) is 10.0 Å². The third-order valence-electron chi connectivity index (χ3n) is 3.27. The van der Waals surface area contributed by atoms with Crippen LogP contribution in [0.3, 0.4) is 0 Å². The SMILES string of the molecule is NC(=S)c1ccc(S(=O)(=O)N2CCC(O)CC2)cc1Cl. The number of sulfonamides is 1. The van der Waals surface area contributed by atoms with E-state index in [0.29, 0.717) is 31.5 Å². The van der Waals surface area contributed by atoms with E-state index in [-0.39, 0.29) is 14.9 Å². The molecule has 1 aliphatic rings. The lowest BCUT2D eigenvalue weighted by atomic mass is 10.1. The number of nitrogens with two attached hydrogens (primary N) is 1. The molecule has 1 aliphatic heterocycles. The van der Waals surface area contributed by atoms with Crippen LogP contribution in [0.5, 0.6) is 0 Å². The Morgan fingerprint density at radius 1 is 1.40 bits per heavy atom. The molecule has 1 saturated heterocycles. The summed E-state index contributed by atoms with van der Waals surface area (Å²) in [4.78, 5) is 0.235. The maximum absolute atomic E-state index is 12.4. The van der Waals surface area contributed by atoms with Crippen molar-refractivity contribution in [1.29, 1.82) is 0 Å². The topological polar surface area (TPSA) is 83.6 Å². The van der Waals surface area contributed by atoms with E-state index in [1.165, 1.54) is 22.5 Å². The number of thiocarbonyl (C=S) groups is 1. The van der Waals surface area contributed by atoms with E-state index in [2.05, 4.69) is 0 Å². The molecule has 0 spiro atoms.